The third kappa shape index (κ3) is 4.07. The lowest BCUT2D eigenvalue weighted by atomic mass is 9.89. The molecule has 0 amide bonds. The van der Waals surface area contributed by atoms with Crippen LogP contribution in [0.2, 0.25) is 0 Å². The molecule has 0 aliphatic rings. The van der Waals surface area contributed by atoms with Gasteiger partial charge in [-0.25, -0.2) is 0 Å². The molecule has 0 saturated heterocycles. The lowest BCUT2D eigenvalue weighted by Crippen LogP contribution is -2.41. The van der Waals surface area contributed by atoms with E-state index in [2.05, 4.69) is 31.2 Å². The average molecular weight is 281 g/mol. The monoisotopic (exact) mass is 281 g/mol. The fourth-order valence-electron chi connectivity index (χ4n) is 2.24. The van der Waals surface area contributed by atoms with Crippen LogP contribution in [0.25, 0.3) is 0 Å². The highest BCUT2D eigenvalue weighted by atomic mass is 16.5. The molecule has 20 heavy (non-hydrogen) atoms. The van der Waals surface area contributed by atoms with Crippen LogP contribution in [0.15, 0.2) is 6.20 Å². The van der Waals surface area contributed by atoms with Gasteiger partial charge in [0.2, 0.25) is 0 Å². The Kier molecular flexibility index (Phi) is 5.34. The smallest absolute Gasteiger partial charge is 0.323 e. The average Bonchev–Trinajstić information content (AvgIpc) is 2.69. The Morgan fingerprint density at radius 3 is 2.50 bits per heavy atom. The topological polar surface area (TPSA) is 56.1 Å². The zero-order chi connectivity index (χ0) is 15.5. The number of aryl methyl sites for hydroxylation is 1. The summed E-state index contributed by atoms with van der Waals surface area (Å²) < 4.78 is 6.66. The highest BCUT2D eigenvalue weighted by Crippen LogP contribution is 2.24. The first-order chi connectivity index (χ1) is 9.16. The molecule has 0 aliphatic heterocycles. The number of hydrogen-bond acceptors (Lipinski definition) is 4. The summed E-state index contributed by atoms with van der Waals surface area (Å²) in [4.78, 5) is 11.8. The molecule has 0 unspecified atom stereocenters. The van der Waals surface area contributed by atoms with Crippen molar-refractivity contribution in [2.75, 3.05) is 7.11 Å². The molecular formula is C15H27N3O2. The number of carbonyl (C=O) groups is 1. The Morgan fingerprint density at radius 1 is 1.45 bits per heavy atom. The molecular weight excluding hydrogens is 254 g/mol. The number of ether oxygens (including phenoxy) is 1. The minimum Gasteiger partial charge on any atom is -0.468 e. The van der Waals surface area contributed by atoms with Crippen molar-refractivity contribution in [1.29, 1.82) is 0 Å². The van der Waals surface area contributed by atoms with Gasteiger partial charge >= 0.3 is 5.97 Å². The van der Waals surface area contributed by atoms with Crippen LogP contribution in [0, 0.1) is 5.92 Å². The van der Waals surface area contributed by atoms with Crippen LogP contribution >= 0.6 is 0 Å². The van der Waals surface area contributed by atoms with E-state index in [1.165, 1.54) is 7.11 Å². The van der Waals surface area contributed by atoms with Crippen LogP contribution in [0.3, 0.4) is 0 Å². The number of hydrogen-bond donors (Lipinski definition) is 1. The van der Waals surface area contributed by atoms with E-state index in [-0.39, 0.29) is 23.3 Å². The van der Waals surface area contributed by atoms with E-state index in [4.69, 9.17) is 4.74 Å². The molecule has 5 heteroatoms. The minimum atomic E-state index is -0.298. The summed E-state index contributed by atoms with van der Waals surface area (Å²) >= 11 is 0. The van der Waals surface area contributed by atoms with Crippen molar-refractivity contribution in [1.82, 2.24) is 15.1 Å². The second-order valence-corrected chi connectivity index (χ2v) is 6.55. The van der Waals surface area contributed by atoms with Gasteiger partial charge in [-0.3, -0.25) is 14.8 Å². The molecule has 5 nitrogen and oxygen atoms in total. The van der Waals surface area contributed by atoms with Crippen LogP contribution in [0.5, 0.6) is 0 Å². The van der Waals surface area contributed by atoms with Gasteiger partial charge in [0, 0.05) is 30.8 Å². The maximum absolute atomic E-state index is 11.8. The number of rotatable bonds is 5. The normalized spacial score (nSPS) is 13.6. The third-order valence-electron chi connectivity index (χ3n) is 3.25. The molecule has 0 bridgehead atoms. The Hall–Kier alpha value is -1.36. The largest absolute Gasteiger partial charge is 0.468 e. The number of methoxy groups -OCH3 is 1. The zero-order valence-corrected chi connectivity index (χ0v) is 13.7. The lowest BCUT2D eigenvalue weighted by molar-refractivity contribution is -0.144. The Balaban J connectivity index is 2.86. The fraction of sp³-hybridized carbons (Fsp3) is 0.733. The zero-order valence-electron chi connectivity index (χ0n) is 13.7. The number of nitrogens with one attached hydrogen (secondary N) is 1. The van der Waals surface area contributed by atoms with Crippen molar-refractivity contribution in [2.45, 2.75) is 52.6 Å². The van der Waals surface area contributed by atoms with Crippen molar-refractivity contribution in [3.8, 4) is 0 Å². The molecule has 1 aromatic heterocycles. The highest BCUT2D eigenvalue weighted by molar-refractivity contribution is 5.75. The van der Waals surface area contributed by atoms with E-state index in [9.17, 15) is 4.79 Å². The molecule has 1 rings (SSSR count). The van der Waals surface area contributed by atoms with Gasteiger partial charge in [0.1, 0.15) is 6.04 Å². The number of carbonyl (C=O) groups excluding carboxylic acids is 1. The fourth-order valence-corrected chi connectivity index (χ4v) is 2.24. The first kappa shape index (κ1) is 16.7. The number of nitrogens with zero attached hydrogens (tertiary/aromatic N) is 2. The Morgan fingerprint density at radius 2 is 2.05 bits per heavy atom. The first-order valence-corrected chi connectivity index (χ1v) is 7.01. The van der Waals surface area contributed by atoms with Gasteiger partial charge in [0.25, 0.3) is 0 Å². The van der Waals surface area contributed by atoms with Gasteiger partial charge in [-0.1, -0.05) is 34.6 Å². The van der Waals surface area contributed by atoms with E-state index in [0.717, 1.165) is 11.3 Å². The first-order valence-electron chi connectivity index (χ1n) is 7.01. The van der Waals surface area contributed by atoms with Crippen LogP contribution in [0.4, 0.5) is 0 Å². The molecule has 1 atom stereocenters. The Labute approximate surface area is 121 Å². The van der Waals surface area contributed by atoms with Crippen LogP contribution in [-0.2, 0) is 28.5 Å². The van der Waals surface area contributed by atoms with Gasteiger partial charge < -0.3 is 4.74 Å². The summed E-state index contributed by atoms with van der Waals surface area (Å²) in [5, 5.41) is 7.81. The second kappa shape index (κ2) is 6.39. The van der Waals surface area contributed by atoms with Gasteiger partial charge in [-0.05, 0) is 5.92 Å². The van der Waals surface area contributed by atoms with Crippen molar-refractivity contribution < 1.29 is 9.53 Å². The molecule has 0 aliphatic carbocycles. The van der Waals surface area contributed by atoms with E-state index < -0.39 is 0 Å². The predicted molar refractivity (Wildman–Crippen MR) is 79.4 cm³/mol. The maximum atomic E-state index is 11.8. The molecule has 1 heterocycles. The van der Waals surface area contributed by atoms with E-state index in [0.29, 0.717) is 6.54 Å². The molecule has 0 fully saturated rings. The minimum absolute atomic E-state index is 0.0170. The summed E-state index contributed by atoms with van der Waals surface area (Å²) in [6, 6.07) is -0.298. The maximum Gasteiger partial charge on any atom is 0.323 e. The van der Waals surface area contributed by atoms with Crippen molar-refractivity contribution >= 4 is 5.97 Å². The van der Waals surface area contributed by atoms with Crippen molar-refractivity contribution in [3.05, 3.63) is 17.5 Å². The Bertz CT molecular complexity index is 458. The van der Waals surface area contributed by atoms with E-state index in [1.54, 1.807) is 0 Å². The van der Waals surface area contributed by atoms with Gasteiger partial charge in [-0.2, -0.15) is 5.10 Å². The lowest BCUT2D eigenvalue weighted by Gasteiger charge is -2.21. The quantitative estimate of drug-likeness (QED) is 0.839. The van der Waals surface area contributed by atoms with Crippen molar-refractivity contribution in [2.24, 2.45) is 13.0 Å². The van der Waals surface area contributed by atoms with Crippen LogP contribution < -0.4 is 5.32 Å². The van der Waals surface area contributed by atoms with E-state index in [1.807, 2.05) is 31.8 Å². The van der Waals surface area contributed by atoms with Gasteiger partial charge in [0.15, 0.2) is 0 Å². The second-order valence-electron chi connectivity index (χ2n) is 6.55. The molecule has 0 aromatic carbocycles. The molecule has 0 saturated carbocycles. The van der Waals surface area contributed by atoms with Crippen LogP contribution in [0.1, 0.15) is 45.9 Å². The predicted octanol–water partition coefficient (Wildman–Crippen LogP) is 2.00. The SMILES string of the molecule is COC(=O)[C@@H](NCc1cn(C)nc1C(C)(C)C)C(C)C. The standard InChI is InChI=1S/C15H27N3O2/c1-10(2)12(14(19)20-7)16-8-11-9-18(6)17-13(11)15(3,4)5/h9-10,12,16H,8H2,1-7H3/t12-/m0/s1. The molecule has 114 valence electrons. The third-order valence-corrected chi connectivity index (χ3v) is 3.25. The summed E-state index contributed by atoms with van der Waals surface area (Å²) in [6.45, 7) is 11.0. The summed E-state index contributed by atoms with van der Waals surface area (Å²) in [5.41, 5.74) is 2.16. The highest BCUT2D eigenvalue weighted by Gasteiger charge is 2.25. The molecule has 1 aromatic rings. The number of aromatic nitrogens is 2. The van der Waals surface area contributed by atoms with Crippen LogP contribution in [-0.4, -0.2) is 28.9 Å². The number of esters is 1. The van der Waals surface area contributed by atoms with Crippen molar-refractivity contribution in [3.63, 3.8) is 0 Å². The molecule has 1 N–H and O–H groups in total. The summed E-state index contributed by atoms with van der Waals surface area (Å²) in [7, 11) is 3.34. The summed E-state index contributed by atoms with van der Waals surface area (Å²) in [6.07, 6.45) is 2.00. The van der Waals surface area contributed by atoms with E-state index >= 15 is 0 Å². The molecule has 0 spiro atoms. The summed E-state index contributed by atoms with van der Waals surface area (Å²) in [5.74, 6) is -0.0431. The van der Waals surface area contributed by atoms with Gasteiger partial charge in [-0.15, -0.1) is 0 Å². The van der Waals surface area contributed by atoms with Gasteiger partial charge in [0.05, 0.1) is 12.8 Å². The molecule has 0 radical (unpaired) electrons.